The maximum Gasteiger partial charge on any atom is 0.271 e. The topological polar surface area (TPSA) is 101 Å². The molecule has 0 bridgehead atoms. The average Bonchev–Trinajstić information content (AvgIpc) is 2.76. The summed E-state index contributed by atoms with van der Waals surface area (Å²) < 4.78 is 0. The van der Waals surface area contributed by atoms with Crippen LogP contribution in [0.25, 0.3) is 0 Å². The Kier molecular flexibility index (Phi) is 3.78. The summed E-state index contributed by atoms with van der Waals surface area (Å²) in [7, 11) is 0. The Morgan fingerprint density at radius 2 is 2.33 bits per heavy atom. The van der Waals surface area contributed by atoms with Gasteiger partial charge < -0.3 is 10.3 Å². The van der Waals surface area contributed by atoms with Crippen LogP contribution >= 0.6 is 11.3 Å². The van der Waals surface area contributed by atoms with E-state index in [1.807, 2.05) is 6.92 Å². The van der Waals surface area contributed by atoms with E-state index in [9.17, 15) is 9.59 Å². The zero-order valence-electron chi connectivity index (χ0n) is 9.64. The largest absolute Gasteiger partial charge is 0.350 e. The van der Waals surface area contributed by atoms with Gasteiger partial charge >= 0.3 is 0 Å². The van der Waals surface area contributed by atoms with Crippen molar-refractivity contribution in [2.45, 2.75) is 13.3 Å². The first-order valence-corrected chi connectivity index (χ1v) is 6.09. The van der Waals surface area contributed by atoms with Crippen molar-refractivity contribution in [1.29, 1.82) is 0 Å². The third-order valence-corrected chi connectivity index (χ3v) is 3.00. The first-order chi connectivity index (χ1) is 8.65. The summed E-state index contributed by atoms with van der Waals surface area (Å²) in [4.78, 5) is 28.5. The molecule has 0 aromatic carbocycles. The maximum absolute atomic E-state index is 11.6. The number of aryl methyl sites for hydroxylation is 1. The van der Waals surface area contributed by atoms with Crippen molar-refractivity contribution in [3.05, 3.63) is 38.5 Å². The number of aromatic amines is 1. The number of nitrogens with one attached hydrogen (secondary N) is 2. The van der Waals surface area contributed by atoms with E-state index >= 15 is 0 Å². The molecule has 0 unspecified atom stereocenters. The molecular formula is C10H11N5O2S. The van der Waals surface area contributed by atoms with E-state index in [2.05, 4.69) is 25.5 Å². The highest BCUT2D eigenvalue weighted by molar-refractivity contribution is 7.11. The SMILES string of the molecule is Cc1nnc(CCNC(=O)c2c[nH]c(=O)cn2)s1. The molecule has 0 aliphatic heterocycles. The lowest BCUT2D eigenvalue weighted by molar-refractivity contribution is 0.0948. The Balaban J connectivity index is 1.85. The molecular weight excluding hydrogens is 254 g/mol. The number of aromatic nitrogens is 4. The number of H-pyrrole nitrogens is 1. The van der Waals surface area contributed by atoms with Gasteiger partial charge in [0, 0.05) is 19.2 Å². The van der Waals surface area contributed by atoms with Gasteiger partial charge in [0.25, 0.3) is 11.5 Å². The molecule has 0 aliphatic rings. The van der Waals surface area contributed by atoms with Gasteiger partial charge in [-0.3, -0.25) is 9.59 Å². The summed E-state index contributed by atoms with van der Waals surface area (Å²) in [5.41, 5.74) is -0.154. The summed E-state index contributed by atoms with van der Waals surface area (Å²) in [5, 5.41) is 12.3. The number of hydrogen-bond acceptors (Lipinski definition) is 6. The molecule has 2 rings (SSSR count). The van der Waals surface area contributed by atoms with Gasteiger partial charge in [0.05, 0.1) is 6.20 Å². The molecule has 18 heavy (non-hydrogen) atoms. The second-order valence-corrected chi connectivity index (χ2v) is 4.78. The lowest BCUT2D eigenvalue weighted by Crippen LogP contribution is -2.27. The molecule has 8 heteroatoms. The van der Waals surface area contributed by atoms with E-state index in [1.165, 1.54) is 17.5 Å². The fourth-order valence-corrected chi connectivity index (χ4v) is 1.99. The van der Waals surface area contributed by atoms with Crippen LogP contribution in [0.5, 0.6) is 0 Å². The fraction of sp³-hybridized carbons (Fsp3) is 0.300. The minimum absolute atomic E-state index is 0.183. The molecule has 94 valence electrons. The van der Waals surface area contributed by atoms with Gasteiger partial charge in [-0.25, -0.2) is 4.98 Å². The molecule has 0 spiro atoms. The first kappa shape index (κ1) is 12.4. The summed E-state index contributed by atoms with van der Waals surface area (Å²) in [6, 6.07) is 0. The molecule has 7 nitrogen and oxygen atoms in total. The quantitative estimate of drug-likeness (QED) is 0.804. The lowest BCUT2D eigenvalue weighted by atomic mass is 10.4. The summed E-state index contributed by atoms with van der Waals surface area (Å²) in [5.74, 6) is -0.326. The number of carbonyl (C=O) groups is 1. The van der Waals surface area contributed by atoms with E-state index in [-0.39, 0.29) is 17.2 Å². The van der Waals surface area contributed by atoms with Crippen molar-refractivity contribution in [2.24, 2.45) is 0 Å². The zero-order chi connectivity index (χ0) is 13.0. The number of hydrogen-bond donors (Lipinski definition) is 2. The minimum atomic E-state index is -0.337. The Morgan fingerprint density at radius 3 is 2.94 bits per heavy atom. The molecule has 0 saturated heterocycles. The van der Waals surface area contributed by atoms with Crippen molar-refractivity contribution in [2.75, 3.05) is 6.54 Å². The highest BCUT2D eigenvalue weighted by Crippen LogP contribution is 2.07. The van der Waals surface area contributed by atoms with Gasteiger partial charge in [-0.2, -0.15) is 0 Å². The van der Waals surface area contributed by atoms with Crippen LogP contribution in [-0.2, 0) is 6.42 Å². The molecule has 2 N–H and O–H groups in total. The van der Waals surface area contributed by atoms with E-state index in [0.29, 0.717) is 13.0 Å². The third kappa shape index (κ3) is 3.20. The summed E-state index contributed by atoms with van der Waals surface area (Å²) in [6.45, 7) is 2.33. The van der Waals surface area contributed by atoms with Crippen LogP contribution in [0.2, 0.25) is 0 Å². The number of amides is 1. The molecule has 1 amide bonds. The zero-order valence-corrected chi connectivity index (χ0v) is 10.5. The number of nitrogens with zero attached hydrogens (tertiary/aromatic N) is 3. The van der Waals surface area contributed by atoms with Crippen LogP contribution < -0.4 is 10.9 Å². The van der Waals surface area contributed by atoms with Gasteiger partial charge in [-0.15, -0.1) is 21.5 Å². The highest BCUT2D eigenvalue weighted by atomic mass is 32.1. The van der Waals surface area contributed by atoms with E-state index < -0.39 is 0 Å². The smallest absolute Gasteiger partial charge is 0.271 e. The van der Waals surface area contributed by atoms with Gasteiger partial charge in [-0.05, 0) is 6.92 Å². The Morgan fingerprint density at radius 1 is 1.50 bits per heavy atom. The monoisotopic (exact) mass is 265 g/mol. The minimum Gasteiger partial charge on any atom is -0.350 e. The van der Waals surface area contributed by atoms with E-state index in [4.69, 9.17) is 0 Å². The summed E-state index contributed by atoms with van der Waals surface area (Å²) in [6.07, 6.45) is 2.98. The molecule has 0 radical (unpaired) electrons. The number of carbonyl (C=O) groups excluding carboxylic acids is 1. The van der Waals surface area contributed by atoms with Crippen LogP contribution in [0.1, 0.15) is 20.5 Å². The average molecular weight is 265 g/mol. The Bertz CT molecular complexity index is 586. The highest BCUT2D eigenvalue weighted by Gasteiger charge is 2.07. The molecule has 2 aromatic rings. The molecule has 2 heterocycles. The van der Waals surface area contributed by atoms with Crippen LogP contribution in [0.15, 0.2) is 17.2 Å². The predicted octanol–water partition coefficient (Wildman–Crippen LogP) is -0.0977. The van der Waals surface area contributed by atoms with E-state index in [0.717, 1.165) is 16.2 Å². The fourth-order valence-electron chi connectivity index (χ4n) is 1.28. The molecule has 0 saturated carbocycles. The van der Waals surface area contributed by atoms with Crippen molar-refractivity contribution >= 4 is 17.2 Å². The predicted molar refractivity (Wildman–Crippen MR) is 65.5 cm³/mol. The first-order valence-electron chi connectivity index (χ1n) is 5.27. The van der Waals surface area contributed by atoms with Crippen molar-refractivity contribution < 1.29 is 4.79 Å². The second kappa shape index (κ2) is 5.50. The molecule has 2 aromatic heterocycles. The van der Waals surface area contributed by atoms with Crippen LogP contribution in [-0.4, -0.2) is 32.6 Å². The van der Waals surface area contributed by atoms with Crippen molar-refractivity contribution in [3.8, 4) is 0 Å². The van der Waals surface area contributed by atoms with Gasteiger partial charge in [-0.1, -0.05) is 0 Å². The van der Waals surface area contributed by atoms with Crippen molar-refractivity contribution in [1.82, 2.24) is 25.5 Å². The molecule has 0 fully saturated rings. The standard InChI is InChI=1S/C10H11N5O2S/c1-6-14-15-9(18-6)2-3-11-10(17)7-4-13-8(16)5-12-7/h4-5H,2-3H2,1H3,(H,11,17)(H,13,16). The lowest BCUT2D eigenvalue weighted by Gasteiger charge is -2.01. The van der Waals surface area contributed by atoms with Gasteiger partial charge in [0.2, 0.25) is 0 Å². The van der Waals surface area contributed by atoms with Gasteiger partial charge in [0.15, 0.2) is 0 Å². The normalized spacial score (nSPS) is 10.3. The maximum atomic E-state index is 11.6. The van der Waals surface area contributed by atoms with Crippen LogP contribution in [0, 0.1) is 6.92 Å². The van der Waals surface area contributed by atoms with Crippen LogP contribution in [0.3, 0.4) is 0 Å². The number of rotatable bonds is 4. The second-order valence-electron chi connectivity index (χ2n) is 3.52. The Labute approximate surface area is 106 Å². The Hall–Kier alpha value is -2.09. The third-order valence-electron chi connectivity index (χ3n) is 2.10. The molecule has 0 aliphatic carbocycles. The van der Waals surface area contributed by atoms with Crippen LogP contribution in [0.4, 0.5) is 0 Å². The van der Waals surface area contributed by atoms with Gasteiger partial charge in [0.1, 0.15) is 15.7 Å². The van der Waals surface area contributed by atoms with E-state index in [1.54, 1.807) is 0 Å². The van der Waals surface area contributed by atoms with Crippen molar-refractivity contribution in [3.63, 3.8) is 0 Å². The molecule has 0 atom stereocenters. The summed E-state index contributed by atoms with van der Waals surface area (Å²) >= 11 is 1.50.